The van der Waals surface area contributed by atoms with Gasteiger partial charge in [0.2, 0.25) is 0 Å². The molecule has 2 N–H and O–H groups in total. The standard InChI is InChI=1S/C14H21NO2/c1-10-5-6-12(7-11(10)2)14(3,4)9-15-8-13(16)17/h5-7,15H,8-9H2,1-4H3,(H,16,17). The molecule has 1 aromatic carbocycles. The van der Waals surface area contributed by atoms with Crippen molar-refractivity contribution in [2.24, 2.45) is 0 Å². The summed E-state index contributed by atoms with van der Waals surface area (Å²) < 4.78 is 0. The lowest BCUT2D eigenvalue weighted by Crippen LogP contribution is -2.35. The Labute approximate surface area is 103 Å². The first-order chi connectivity index (χ1) is 7.83. The second-order valence-corrected chi connectivity index (χ2v) is 5.18. The molecule has 0 unspecified atom stereocenters. The first kappa shape index (κ1) is 13.7. The molecule has 1 aromatic rings. The van der Waals surface area contributed by atoms with E-state index >= 15 is 0 Å². The number of aryl methyl sites for hydroxylation is 2. The van der Waals surface area contributed by atoms with E-state index in [1.807, 2.05) is 0 Å². The predicted molar refractivity (Wildman–Crippen MR) is 69.4 cm³/mol. The van der Waals surface area contributed by atoms with E-state index in [9.17, 15) is 4.79 Å². The molecule has 0 saturated heterocycles. The predicted octanol–water partition coefficient (Wildman–Crippen LogP) is 2.26. The van der Waals surface area contributed by atoms with Crippen LogP contribution >= 0.6 is 0 Å². The lowest BCUT2D eigenvalue weighted by Gasteiger charge is -2.26. The molecule has 0 fully saturated rings. The minimum Gasteiger partial charge on any atom is -0.480 e. The molecule has 1 rings (SSSR count). The Morgan fingerprint density at radius 2 is 1.94 bits per heavy atom. The molecule has 0 spiro atoms. The highest BCUT2D eigenvalue weighted by molar-refractivity contribution is 5.69. The van der Waals surface area contributed by atoms with Gasteiger partial charge in [0.1, 0.15) is 0 Å². The number of rotatable bonds is 5. The van der Waals surface area contributed by atoms with Gasteiger partial charge in [0.15, 0.2) is 0 Å². The van der Waals surface area contributed by atoms with E-state index < -0.39 is 5.97 Å². The number of carboxylic acid groups (broad SMARTS) is 1. The molecular weight excluding hydrogens is 214 g/mol. The Morgan fingerprint density at radius 1 is 1.29 bits per heavy atom. The van der Waals surface area contributed by atoms with Gasteiger partial charge in [-0.2, -0.15) is 0 Å². The second-order valence-electron chi connectivity index (χ2n) is 5.18. The van der Waals surface area contributed by atoms with Gasteiger partial charge in [-0.3, -0.25) is 4.79 Å². The van der Waals surface area contributed by atoms with Crippen LogP contribution in [0, 0.1) is 13.8 Å². The van der Waals surface area contributed by atoms with Gasteiger partial charge in [-0.05, 0) is 30.5 Å². The van der Waals surface area contributed by atoms with Crippen LogP contribution in [0.15, 0.2) is 18.2 Å². The molecule has 0 heterocycles. The summed E-state index contributed by atoms with van der Waals surface area (Å²) in [6.07, 6.45) is 0. The zero-order chi connectivity index (χ0) is 13.1. The zero-order valence-electron chi connectivity index (χ0n) is 11.0. The highest BCUT2D eigenvalue weighted by Crippen LogP contribution is 2.24. The van der Waals surface area contributed by atoms with Crippen molar-refractivity contribution >= 4 is 5.97 Å². The van der Waals surface area contributed by atoms with Crippen LogP contribution in [0.4, 0.5) is 0 Å². The van der Waals surface area contributed by atoms with Gasteiger partial charge in [0.05, 0.1) is 6.54 Å². The number of nitrogens with one attached hydrogen (secondary N) is 1. The second kappa shape index (κ2) is 5.32. The third-order valence-electron chi connectivity index (χ3n) is 3.13. The molecule has 3 nitrogen and oxygen atoms in total. The van der Waals surface area contributed by atoms with Crippen LogP contribution in [0.2, 0.25) is 0 Å². The molecule has 0 radical (unpaired) electrons. The highest BCUT2D eigenvalue weighted by atomic mass is 16.4. The topological polar surface area (TPSA) is 49.3 Å². The van der Waals surface area contributed by atoms with Crippen LogP contribution in [0.1, 0.15) is 30.5 Å². The number of carboxylic acids is 1. The maximum atomic E-state index is 10.5. The minimum absolute atomic E-state index is 0.00821. The molecule has 0 aliphatic carbocycles. The number of hydrogen-bond donors (Lipinski definition) is 2. The van der Waals surface area contributed by atoms with Crippen molar-refractivity contribution in [2.75, 3.05) is 13.1 Å². The SMILES string of the molecule is Cc1ccc(C(C)(C)CNCC(=O)O)cc1C. The molecule has 0 aliphatic heterocycles. The quantitative estimate of drug-likeness (QED) is 0.823. The summed E-state index contributed by atoms with van der Waals surface area (Å²) in [4.78, 5) is 10.5. The number of aliphatic carboxylic acids is 1. The number of hydrogen-bond acceptors (Lipinski definition) is 2. The lowest BCUT2D eigenvalue weighted by molar-refractivity contribution is -0.136. The van der Waals surface area contributed by atoms with E-state index in [0.29, 0.717) is 6.54 Å². The van der Waals surface area contributed by atoms with Gasteiger partial charge in [-0.25, -0.2) is 0 Å². The van der Waals surface area contributed by atoms with E-state index in [0.717, 1.165) is 0 Å². The minimum atomic E-state index is -0.819. The Morgan fingerprint density at radius 3 is 2.47 bits per heavy atom. The van der Waals surface area contributed by atoms with E-state index in [1.54, 1.807) is 0 Å². The summed E-state index contributed by atoms with van der Waals surface area (Å²) in [5, 5.41) is 11.6. The third-order valence-corrected chi connectivity index (χ3v) is 3.13. The summed E-state index contributed by atoms with van der Waals surface area (Å²) in [6, 6.07) is 6.41. The van der Waals surface area contributed by atoms with Crippen LogP contribution in [-0.2, 0) is 10.2 Å². The van der Waals surface area contributed by atoms with Crippen LogP contribution < -0.4 is 5.32 Å². The summed E-state index contributed by atoms with van der Waals surface area (Å²) in [6.45, 7) is 9.09. The zero-order valence-corrected chi connectivity index (χ0v) is 11.0. The Bertz CT molecular complexity index is 411. The van der Waals surface area contributed by atoms with Gasteiger partial charge in [0.25, 0.3) is 0 Å². The van der Waals surface area contributed by atoms with Crippen LogP contribution in [0.5, 0.6) is 0 Å². The Balaban J connectivity index is 2.74. The molecule has 0 atom stereocenters. The van der Waals surface area contributed by atoms with E-state index in [2.05, 4.69) is 51.2 Å². The molecular formula is C14H21NO2. The molecule has 0 bridgehead atoms. The third kappa shape index (κ3) is 3.86. The van der Waals surface area contributed by atoms with Crippen LogP contribution in [0.25, 0.3) is 0 Å². The van der Waals surface area contributed by atoms with Gasteiger partial charge in [0, 0.05) is 12.0 Å². The van der Waals surface area contributed by atoms with Crippen molar-refractivity contribution in [2.45, 2.75) is 33.1 Å². The number of carbonyl (C=O) groups is 1. The summed E-state index contributed by atoms with van der Waals surface area (Å²) in [5.74, 6) is -0.819. The first-order valence-corrected chi connectivity index (χ1v) is 5.83. The van der Waals surface area contributed by atoms with Crippen molar-refractivity contribution in [3.05, 3.63) is 34.9 Å². The van der Waals surface area contributed by atoms with Gasteiger partial charge in [-0.15, -0.1) is 0 Å². The maximum absolute atomic E-state index is 10.5. The molecule has 0 saturated carbocycles. The molecule has 3 heteroatoms. The van der Waals surface area contributed by atoms with Crippen molar-refractivity contribution in [1.82, 2.24) is 5.32 Å². The smallest absolute Gasteiger partial charge is 0.317 e. The van der Waals surface area contributed by atoms with Crippen molar-refractivity contribution in [3.8, 4) is 0 Å². The largest absolute Gasteiger partial charge is 0.480 e. The fraction of sp³-hybridized carbons (Fsp3) is 0.500. The van der Waals surface area contributed by atoms with E-state index in [4.69, 9.17) is 5.11 Å². The molecule has 0 amide bonds. The van der Waals surface area contributed by atoms with Crippen LogP contribution in [-0.4, -0.2) is 24.2 Å². The molecule has 0 aromatic heterocycles. The van der Waals surface area contributed by atoms with E-state index in [1.165, 1.54) is 16.7 Å². The van der Waals surface area contributed by atoms with E-state index in [-0.39, 0.29) is 12.0 Å². The molecule has 94 valence electrons. The summed E-state index contributed by atoms with van der Waals surface area (Å²) in [5.41, 5.74) is 3.73. The van der Waals surface area contributed by atoms with Crippen LogP contribution in [0.3, 0.4) is 0 Å². The maximum Gasteiger partial charge on any atom is 0.317 e. The average Bonchev–Trinajstić information content (AvgIpc) is 2.21. The Kier molecular flexibility index (Phi) is 4.29. The monoisotopic (exact) mass is 235 g/mol. The van der Waals surface area contributed by atoms with Gasteiger partial charge in [-0.1, -0.05) is 32.0 Å². The fourth-order valence-corrected chi connectivity index (χ4v) is 1.75. The Hall–Kier alpha value is -1.35. The van der Waals surface area contributed by atoms with Crippen molar-refractivity contribution < 1.29 is 9.90 Å². The molecule has 0 aliphatic rings. The lowest BCUT2D eigenvalue weighted by atomic mass is 9.83. The van der Waals surface area contributed by atoms with Crippen molar-refractivity contribution in [1.29, 1.82) is 0 Å². The number of benzene rings is 1. The summed E-state index contributed by atoms with van der Waals surface area (Å²) >= 11 is 0. The average molecular weight is 235 g/mol. The highest BCUT2D eigenvalue weighted by Gasteiger charge is 2.20. The van der Waals surface area contributed by atoms with Crippen molar-refractivity contribution in [3.63, 3.8) is 0 Å². The van der Waals surface area contributed by atoms with Gasteiger partial charge >= 0.3 is 5.97 Å². The summed E-state index contributed by atoms with van der Waals surface area (Å²) in [7, 11) is 0. The normalized spacial score (nSPS) is 11.5. The fourth-order valence-electron chi connectivity index (χ4n) is 1.75. The molecule has 17 heavy (non-hydrogen) atoms. The van der Waals surface area contributed by atoms with Gasteiger partial charge < -0.3 is 10.4 Å². The first-order valence-electron chi connectivity index (χ1n) is 5.83.